The average molecular weight is 588 g/mol. The number of thiocarbonyl (C=S) groups is 1. The van der Waals surface area contributed by atoms with E-state index in [1.165, 1.54) is 13.2 Å². The largest absolute Gasteiger partial charge is 0.494 e. The van der Waals surface area contributed by atoms with Crippen molar-refractivity contribution < 1.29 is 26.3 Å². The van der Waals surface area contributed by atoms with Crippen LogP contribution >= 0.6 is 12.2 Å². The van der Waals surface area contributed by atoms with Gasteiger partial charge in [-0.25, -0.2) is 8.42 Å². The molecule has 0 saturated carbocycles. The molecule has 1 fully saturated rings. The standard InChI is InChI=1S/C27H24F3N5O3S2/c1-38-23-16-19(11-12-20(23)33-40(2,36)37)35-25(24(32-26(35)39)21-9-3-4-13-31-21)22-10-6-14-34(22)18-8-5-7-17(15-18)27(28,29)30/h3-16,24-25,33H,1-2H3,(H,32,39)/t24-,25-/m0/s1. The van der Waals surface area contributed by atoms with Crippen molar-refractivity contribution in [2.45, 2.75) is 18.3 Å². The average Bonchev–Trinajstić information content (AvgIpc) is 3.52. The predicted octanol–water partition coefficient (Wildman–Crippen LogP) is 5.45. The van der Waals surface area contributed by atoms with Gasteiger partial charge in [-0.15, -0.1) is 0 Å². The molecule has 1 aliphatic rings. The molecule has 0 radical (unpaired) electrons. The van der Waals surface area contributed by atoms with E-state index in [1.807, 2.05) is 23.1 Å². The number of aromatic nitrogens is 2. The molecular weight excluding hydrogens is 563 g/mol. The minimum absolute atomic E-state index is 0.247. The summed E-state index contributed by atoms with van der Waals surface area (Å²) in [6.07, 6.45) is -0.115. The van der Waals surface area contributed by atoms with Crippen molar-refractivity contribution in [3.63, 3.8) is 0 Å². The van der Waals surface area contributed by atoms with Crippen LogP contribution < -0.4 is 19.7 Å². The van der Waals surface area contributed by atoms with E-state index in [1.54, 1.807) is 53.4 Å². The molecule has 5 rings (SSSR count). The van der Waals surface area contributed by atoms with E-state index in [2.05, 4.69) is 15.0 Å². The second kappa shape index (κ2) is 10.5. The number of ether oxygens (including phenoxy) is 1. The van der Waals surface area contributed by atoms with Crippen molar-refractivity contribution in [1.29, 1.82) is 0 Å². The molecule has 4 aromatic rings. The van der Waals surface area contributed by atoms with Crippen LogP contribution in [0.1, 0.15) is 29.0 Å². The monoisotopic (exact) mass is 587 g/mol. The molecule has 2 atom stereocenters. The topological polar surface area (TPSA) is 88.5 Å². The molecule has 40 heavy (non-hydrogen) atoms. The van der Waals surface area contributed by atoms with Gasteiger partial charge in [0.25, 0.3) is 0 Å². The van der Waals surface area contributed by atoms with E-state index >= 15 is 0 Å². The molecule has 0 spiro atoms. The molecule has 0 unspecified atom stereocenters. The third kappa shape index (κ3) is 5.47. The van der Waals surface area contributed by atoms with Crippen molar-refractivity contribution in [2.24, 2.45) is 0 Å². The lowest BCUT2D eigenvalue weighted by Crippen LogP contribution is -2.30. The zero-order chi connectivity index (χ0) is 28.7. The third-order valence-corrected chi connectivity index (χ3v) is 7.30. The van der Waals surface area contributed by atoms with Gasteiger partial charge in [-0.05, 0) is 66.8 Å². The van der Waals surface area contributed by atoms with Crippen LogP contribution in [0.4, 0.5) is 24.5 Å². The summed E-state index contributed by atoms with van der Waals surface area (Å²) in [6, 6.07) is 18.0. The molecule has 0 amide bonds. The number of halogens is 3. The first-order valence-electron chi connectivity index (χ1n) is 12.0. The Kier molecular flexibility index (Phi) is 7.19. The number of anilines is 2. The number of nitrogens with zero attached hydrogens (tertiary/aromatic N) is 3. The Morgan fingerprint density at radius 3 is 2.50 bits per heavy atom. The Labute approximate surface area is 234 Å². The number of rotatable bonds is 7. The van der Waals surface area contributed by atoms with Crippen molar-refractivity contribution >= 4 is 38.7 Å². The highest BCUT2D eigenvalue weighted by atomic mass is 32.2. The maximum absolute atomic E-state index is 13.5. The highest BCUT2D eigenvalue weighted by molar-refractivity contribution is 7.92. The maximum Gasteiger partial charge on any atom is 0.416 e. The molecule has 208 valence electrons. The van der Waals surface area contributed by atoms with Crippen LogP contribution in [-0.4, -0.2) is 36.4 Å². The smallest absolute Gasteiger partial charge is 0.416 e. The molecule has 8 nitrogen and oxygen atoms in total. The van der Waals surface area contributed by atoms with E-state index in [-0.39, 0.29) is 11.4 Å². The SMILES string of the molecule is COc1cc(N2C(=S)N[C@@H](c3ccccn3)[C@@H]2c2cccn2-c2cccc(C(F)(F)F)c2)ccc1NS(C)(=O)=O. The fourth-order valence-corrected chi connectivity index (χ4v) is 5.66. The quantitative estimate of drug-likeness (QED) is 0.278. The Balaban J connectivity index is 1.65. The lowest BCUT2D eigenvalue weighted by molar-refractivity contribution is -0.137. The molecule has 2 aromatic carbocycles. The molecular formula is C27H24F3N5O3S2. The number of alkyl halides is 3. The molecule has 2 N–H and O–H groups in total. The number of sulfonamides is 1. The zero-order valence-corrected chi connectivity index (χ0v) is 22.9. The van der Waals surface area contributed by atoms with E-state index in [0.717, 1.165) is 18.4 Å². The van der Waals surface area contributed by atoms with Gasteiger partial charge in [0.1, 0.15) is 11.8 Å². The summed E-state index contributed by atoms with van der Waals surface area (Å²) >= 11 is 5.76. The predicted molar refractivity (Wildman–Crippen MR) is 150 cm³/mol. The minimum atomic E-state index is -4.50. The number of methoxy groups -OCH3 is 1. The Hall–Kier alpha value is -4.10. The van der Waals surface area contributed by atoms with Gasteiger partial charge in [-0.2, -0.15) is 13.2 Å². The van der Waals surface area contributed by atoms with Crippen LogP contribution in [0.2, 0.25) is 0 Å². The summed E-state index contributed by atoms with van der Waals surface area (Å²) in [5.41, 5.74) is 1.72. The van der Waals surface area contributed by atoms with Gasteiger partial charge in [-0.1, -0.05) is 12.1 Å². The molecule has 1 aliphatic heterocycles. The molecule has 3 heterocycles. The van der Waals surface area contributed by atoms with Crippen LogP contribution in [0, 0.1) is 0 Å². The minimum Gasteiger partial charge on any atom is -0.494 e. The fraction of sp³-hybridized carbons (Fsp3) is 0.185. The molecule has 2 aromatic heterocycles. The van der Waals surface area contributed by atoms with Crippen molar-refractivity contribution in [3.05, 3.63) is 102 Å². The third-order valence-electron chi connectivity index (χ3n) is 6.39. The molecule has 1 saturated heterocycles. The maximum atomic E-state index is 13.5. The van der Waals surface area contributed by atoms with Gasteiger partial charge >= 0.3 is 6.18 Å². The van der Waals surface area contributed by atoms with E-state index < -0.39 is 33.8 Å². The summed E-state index contributed by atoms with van der Waals surface area (Å²) in [5.74, 6) is 0.263. The summed E-state index contributed by atoms with van der Waals surface area (Å²) in [5, 5.41) is 3.66. The Morgan fingerprint density at radius 1 is 1.02 bits per heavy atom. The van der Waals surface area contributed by atoms with E-state index in [9.17, 15) is 21.6 Å². The van der Waals surface area contributed by atoms with Crippen LogP contribution in [-0.2, 0) is 16.2 Å². The first-order chi connectivity index (χ1) is 19.0. The Bertz CT molecular complexity index is 1660. The highest BCUT2D eigenvalue weighted by Crippen LogP contribution is 2.44. The number of nitrogens with one attached hydrogen (secondary N) is 2. The molecule has 13 heteroatoms. The van der Waals surface area contributed by atoms with E-state index in [4.69, 9.17) is 17.0 Å². The van der Waals surface area contributed by atoms with Gasteiger partial charge in [0, 0.05) is 35.5 Å². The lowest BCUT2D eigenvalue weighted by Gasteiger charge is -2.29. The summed E-state index contributed by atoms with van der Waals surface area (Å²) in [6.45, 7) is 0. The van der Waals surface area contributed by atoms with Gasteiger partial charge < -0.3 is 19.5 Å². The number of hydrogen-bond acceptors (Lipinski definition) is 5. The second-order valence-electron chi connectivity index (χ2n) is 9.11. The van der Waals surface area contributed by atoms with Gasteiger partial charge in [0.05, 0.1) is 36.4 Å². The molecule has 0 bridgehead atoms. The van der Waals surface area contributed by atoms with Crippen molar-refractivity contribution in [3.8, 4) is 11.4 Å². The number of hydrogen-bond donors (Lipinski definition) is 2. The summed E-state index contributed by atoms with van der Waals surface area (Å²) in [7, 11) is -2.15. The lowest BCUT2D eigenvalue weighted by atomic mass is 10.0. The first-order valence-corrected chi connectivity index (χ1v) is 14.3. The second-order valence-corrected chi connectivity index (χ2v) is 11.2. The normalized spacial score (nSPS) is 17.5. The summed E-state index contributed by atoms with van der Waals surface area (Å²) in [4.78, 5) is 6.33. The van der Waals surface area contributed by atoms with Crippen molar-refractivity contribution in [2.75, 3.05) is 23.0 Å². The van der Waals surface area contributed by atoms with Gasteiger partial charge in [-0.3, -0.25) is 9.71 Å². The fourth-order valence-electron chi connectivity index (χ4n) is 4.75. The first kappa shape index (κ1) is 27.5. The van der Waals surface area contributed by atoms with Crippen LogP contribution in [0.5, 0.6) is 5.75 Å². The summed E-state index contributed by atoms with van der Waals surface area (Å²) < 4.78 is 73.8. The molecule has 0 aliphatic carbocycles. The van der Waals surface area contributed by atoms with Crippen LogP contribution in [0.15, 0.2) is 85.2 Å². The van der Waals surface area contributed by atoms with Gasteiger partial charge in [0.2, 0.25) is 10.0 Å². The Morgan fingerprint density at radius 2 is 1.82 bits per heavy atom. The van der Waals surface area contributed by atoms with Crippen molar-refractivity contribution in [1.82, 2.24) is 14.9 Å². The highest BCUT2D eigenvalue weighted by Gasteiger charge is 2.42. The number of pyridine rings is 1. The van der Waals surface area contributed by atoms with Gasteiger partial charge in [0.15, 0.2) is 5.11 Å². The van der Waals surface area contributed by atoms with Crippen LogP contribution in [0.3, 0.4) is 0 Å². The number of benzene rings is 2. The van der Waals surface area contributed by atoms with Crippen LogP contribution in [0.25, 0.3) is 5.69 Å². The zero-order valence-electron chi connectivity index (χ0n) is 21.3. The van der Waals surface area contributed by atoms with E-state index in [0.29, 0.717) is 27.9 Å².